The molecule has 2 aromatic carbocycles. The van der Waals surface area contributed by atoms with E-state index in [1.165, 1.54) is 31.2 Å². The van der Waals surface area contributed by atoms with Gasteiger partial charge in [-0.1, -0.05) is 82.6 Å². The highest BCUT2D eigenvalue weighted by Gasteiger charge is 2.38. The number of aromatic amines is 2. The minimum Gasteiger partial charge on any atom is -0.481 e. The normalized spacial score (nSPS) is 14.8. The van der Waals surface area contributed by atoms with Crippen molar-refractivity contribution in [3.63, 3.8) is 0 Å². The largest absolute Gasteiger partial charge is 0.481 e. The van der Waals surface area contributed by atoms with E-state index in [9.17, 15) is 77.6 Å². The summed E-state index contributed by atoms with van der Waals surface area (Å²) in [4.78, 5) is 192. The molecule has 0 radical (unpaired) electrons. The van der Waals surface area contributed by atoms with E-state index in [4.69, 9.17) is 17.2 Å². The molecule has 0 spiro atoms. The number of guanidine groups is 1. The fourth-order valence-corrected chi connectivity index (χ4v) is 10.9. The number of thioether (sulfide) groups is 1. The van der Waals surface area contributed by atoms with Crippen molar-refractivity contribution in [1.29, 1.82) is 0 Å². The lowest BCUT2D eigenvalue weighted by Crippen LogP contribution is -2.62. The predicted molar refractivity (Wildman–Crippen MR) is 370 cm³/mol. The molecule has 0 saturated carbocycles. The van der Waals surface area contributed by atoms with Gasteiger partial charge in [0.25, 0.3) is 0 Å². The number of benzene rings is 2. The standard InChI is InChI=1S/C64H93N17O16S2/c1-7-34(4)52(81-60(93)44(24-33(2)3)76-54(87)41(18-13-22-69-64(66)67)72-61(94)49(31-98)80-57(90)45(75-53(86)35(5)65)26-37-29-70-40-17-12-11-16-39(37)40)62(95)78-46(27-38-30-68-32-71-38)58(91)73-42(19-20-50(82)83)55(88)74-43(21-23-99-6)56(89)77-47(28-51(84)85)59(92)79-48(63(96)97)25-36-14-9-8-10-15-36/h8-12,14-17,29-30,32-35,41-49,52,70,98H,7,13,18-28,31,65H2,1-6H3,(H,68,71)(H,72,94)(H,73,91)(H,74,88)(H,75,86)(H,76,87)(H,77,89)(H,78,95)(H,79,92)(H,80,90)(H,81,93)(H,82,83)(H,84,85)(H,96,97)(H4,66,67,69)/t34-,35-,41-,42-,43-,44-,45-,46-,47-,48-,49-,52-/m0/s1. The van der Waals surface area contributed by atoms with Crippen LogP contribution in [-0.2, 0) is 81.6 Å². The number of hydrogen-bond donors (Lipinski definition) is 19. The molecule has 0 aliphatic rings. The minimum atomic E-state index is -1.86. The van der Waals surface area contributed by atoms with Crippen LogP contribution in [0.25, 0.3) is 10.9 Å². The fourth-order valence-electron chi connectivity index (χ4n) is 10.1. The second-order valence-electron chi connectivity index (χ2n) is 24.2. The Morgan fingerprint density at radius 2 is 1.09 bits per heavy atom. The van der Waals surface area contributed by atoms with Gasteiger partial charge in [0.2, 0.25) is 59.1 Å². The average molecular weight is 1420 g/mol. The summed E-state index contributed by atoms with van der Waals surface area (Å²) < 4.78 is 0. The lowest BCUT2D eigenvalue weighted by molar-refractivity contribution is -0.144. The monoisotopic (exact) mass is 1420 g/mol. The van der Waals surface area contributed by atoms with E-state index in [0.717, 1.165) is 10.9 Å². The van der Waals surface area contributed by atoms with E-state index < -0.39 is 169 Å². The van der Waals surface area contributed by atoms with Crippen molar-refractivity contribution in [3.05, 3.63) is 90.1 Å². The first-order chi connectivity index (χ1) is 46.9. The molecule has 0 fully saturated rings. The van der Waals surface area contributed by atoms with Crippen LogP contribution in [0.3, 0.4) is 0 Å². The summed E-state index contributed by atoms with van der Waals surface area (Å²) in [7, 11) is 0. The van der Waals surface area contributed by atoms with Gasteiger partial charge in [0.05, 0.1) is 18.8 Å². The number of carboxylic acids is 3. The fraction of sp³-hybridized carbons (Fsp3) is 0.516. The van der Waals surface area contributed by atoms with Gasteiger partial charge in [-0.25, -0.2) is 9.78 Å². The molecule has 0 aliphatic carbocycles. The van der Waals surface area contributed by atoms with Crippen LogP contribution in [0, 0.1) is 11.8 Å². The van der Waals surface area contributed by atoms with Gasteiger partial charge < -0.3 is 95.7 Å². The first kappa shape index (κ1) is 81.7. The van der Waals surface area contributed by atoms with Gasteiger partial charge in [-0.15, -0.1) is 0 Å². The number of nitrogens with one attached hydrogen (secondary N) is 12. The van der Waals surface area contributed by atoms with Crippen molar-refractivity contribution in [3.8, 4) is 0 Å². The summed E-state index contributed by atoms with van der Waals surface area (Å²) in [5.41, 5.74) is 19.2. The summed E-state index contributed by atoms with van der Waals surface area (Å²) in [6.45, 7) is 8.32. The molecule has 33 nitrogen and oxygen atoms in total. The highest BCUT2D eigenvalue weighted by Crippen LogP contribution is 2.20. The zero-order chi connectivity index (χ0) is 73.5. The number of aliphatic carboxylic acids is 3. The van der Waals surface area contributed by atoms with Crippen molar-refractivity contribution >= 4 is 118 Å². The second kappa shape index (κ2) is 41.5. The van der Waals surface area contributed by atoms with Crippen molar-refractivity contribution in [2.45, 2.75) is 172 Å². The Hall–Kier alpha value is -9.77. The molecule has 35 heteroatoms. The molecular formula is C64H93N17O16S2. The van der Waals surface area contributed by atoms with Gasteiger partial charge in [0.1, 0.15) is 60.4 Å². The van der Waals surface area contributed by atoms with E-state index in [2.05, 4.69) is 85.7 Å². The highest BCUT2D eigenvalue weighted by atomic mass is 32.2. The third-order valence-corrected chi connectivity index (χ3v) is 16.7. The molecule has 0 saturated heterocycles. The Morgan fingerprint density at radius 1 is 0.576 bits per heavy atom. The van der Waals surface area contributed by atoms with E-state index in [-0.39, 0.29) is 87.0 Å². The number of imidazole rings is 1. The first-order valence-electron chi connectivity index (χ1n) is 32.1. The maximum Gasteiger partial charge on any atom is 0.326 e. The Bertz CT molecular complexity index is 3430. The second-order valence-corrected chi connectivity index (χ2v) is 25.5. The summed E-state index contributed by atoms with van der Waals surface area (Å²) in [5.74, 6) is -15.1. The zero-order valence-electron chi connectivity index (χ0n) is 56.0. The maximum absolute atomic E-state index is 14.7. The van der Waals surface area contributed by atoms with Gasteiger partial charge in [-0.05, 0) is 80.1 Å². The van der Waals surface area contributed by atoms with Crippen LogP contribution in [0.2, 0.25) is 0 Å². The highest BCUT2D eigenvalue weighted by molar-refractivity contribution is 7.98. The summed E-state index contributed by atoms with van der Waals surface area (Å²) in [6, 6.07) is -0.684. The molecular weight excluding hydrogens is 1330 g/mol. The summed E-state index contributed by atoms with van der Waals surface area (Å²) in [5, 5.41) is 55.7. The molecule has 99 heavy (non-hydrogen) atoms. The van der Waals surface area contributed by atoms with E-state index in [0.29, 0.717) is 11.1 Å². The van der Waals surface area contributed by atoms with Crippen LogP contribution in [0.5, 0.6) is 0 Å². The molecule has 542 valence electrons. The molecule has 12 atom stereocenters. The molecule has 10 amide bonds. The number of carboxylic acid groups (broad SMARTS) is 3. The van der Waals surface area contributed by atoms with Gasteiger partial charge in [0.15, 0.2) is 5.96 Å². The average Bonchev–Trinajstić information content (AvgIpc) is 1.75. The molecule has 0 unspecified atom stereocenters. The Kier molecular flexibility index (Phi) is 34.2. The number of carbonyl (C=O) groups excluding carboxylic acids is 10. The van der Waals surface area contributed by atoms with Crippen LogP contribution < -0.4 is 70.4 Å². The van der Waals surface area contributed by atoms with Crippen molar-refractivity contribution in [2.75, 3.05) is 24.3 Å². The molecule has 4 aromatic rings. The maximum atomic E-state index is 14.7. The molecule has 2 aromatic heterocycles. The van der Waals surface area contributed by atoms with Gasteiger partial charge in [-0.3, -0.25) is 62.5 Å². The number of thiol groups is 1. The zero-order valence-corrected chi connectivity index (χ0v) is 57.7. The third-order valence-electron chi connectivity index (χ3n) is 15.7. The number of H-pyrrole nitrogens is 2. The quantitative estimate of drug-likeness (QED) is 0.0102. The van der Waals surface area contributed by atoms with Crippen LogP contribution >= 0.6 is 24.4 Å². The Balaban J connectivity index is 1.59. The van der Waals surface area contributed by atoms with E-state index >= 15 is 0 Å². The number of aromatic nitrogens is 3. The van der Waals surface area contributed by atoms with E-state index in [1.807, 2.05) is 24.3 Å². The summed E-state index contributed by atoms with van der Waals surface area (Å²) >= 11 is 5.58. The van der Waals surface area contributed by atoms with Gasteiger partial charge in [-0.2, -0.15) is 24.4 Å². The number of aliphatic imine (C=N–C) groups is 1. The lowest BCUT2D eigenvalue weighted by atomic mass is 9.96. The summed E-state index contributed by atoms with van der Waals surface area (Å²) in [6.07, 6.45) is 3.21. The molecule has 2 heterocycles. The van der Waals surface area contributed by atoms with Gasteiger partial charge >= 0.3 is 17.9 Å². The van der Waals surface area contributed by atoms with Crippen molar-refractivity contribution in [2.24, 2.45) is 34.0 Å². The topological polar surface area (TPSA) is 538 Å². The van der Waals surface area contributed by atoms with Crippen molar-refractivity contribution < 1.29 is 77.6 Å². The number of rotatable bonds is 44. The number of nitrogens with zero attached hydrogens (tertiary/aromatic N) is 2. The third kappa shape index (κ3) is 27.9. The van der Waals surface area contributed by atoms with E-state index in [1.54, 1.807) is 70.5 Å². The number of fused-ring (bicyclic) bond motifs is 1. The minimum absolute atomic E-state index is 0.00930. The predicted octanol–water partition coefficient (Wildman–Crippen LogP) is -1.63. The number of nitrogens with two attached hydrogens (primary N) is 3. The molecule has 4 rings (SSSR count). The number of hydrogen-bond acceptors (Lipinski definition) is 18. The van der Waals surface area contributed by atoms with Crippen LogP contribution in [0.1, 0.15) is 103 Å². The van der Waals surface area contributed by atoms with Crippen LogP contribution in [-0.4, -0.2) is 204 Å². The SMILES string of the molecule is CC[C@H](C)[C@H](NC(=O)[C@H](CC(C)C)NC(=O)[C@H](CCCN=C(N)N)NC(=O)[C@H](CS)NC(=O)[C@H](Cc1c[nH]c2ccccc12)NC(=O)[C@H](C)N)C(=O)N[C@@H](Cc1cnc[nH]1)C(=O)N[C@@H](CCC(=O)O)C(=O)N[C@@H](CCSC)C(=O)N[C@@H](CC(=O)O)C(=O)N[C@@H](Cc1ccccc1)C(=O)O. The van der Waals surface area contributed by atoms with Crippen molar-refractivity contribution in [1.82, 2.24) is 68.1 Å². The molecule has 21 N–H and O–H groups in total. The Morgan fingerprint density at radius 3 is 1.65 bits per heavy atom. The molecule has 0 aliphatic heterocycles. The van der Waals surface area contributed by atoms with Crippen LogP contribution in [0.15, 0.2) is 78.3 Å². The van der Waals surface area contributed by atoms with Crippen LogP contribution in [0.4, 0.5) is 0 Å². The number of carbonyl (C=O) groups is 13. The van der Waals surface area contributed by atoms with Gasteiger partial charge in [0, 0.05) is 67.0 Å². The Labute approximate surface area is 581 Å². The first-order valence-corrected chi connectivity index (χ1v) is 34.1. The molecule has 0 bridgehead atoms. The number of para-hydroxylation sites is 1. The lowest BCUT2D eigenvalue weighted by Gasteiger charge is -2.30. The smallest absolute Gasteiger partial charge is 0.326 e. The number of amides is 10.